The van der Waals surface area contributed by atoms with Gasteiger partial charge in [0.05, 0.1) is 5.69 Å². The Bertz CT molecular complexity index is 1020. The van der Waals surface area contributed by atoms with E-state index in [1.807, 2.05) is 23.6 Å². The highest BCUT2D eigenvalue weighted by Gasteiger charge is 2.23. The van der Waals surface area contributed by atoms with E-state index in [1.165, 1.54) is 33.1 Å². The highest BCUT2D eigenvalue weighted by molar-refractivity contribution is 7.14. The summed E-state index contributed by atoms with van der Waals surface area (Å²) in [6.07, 6.45) is 3.43. The third kappa shape index (κ3) is 4.69. The first-order valence-corrected chi connectivity index (χ1v) is 11.4. The number of anilines is 1. The SMILES string of the molecule is CC(OC(=O)c1cc2c(s1)CCCC2)C(=O)Nc1nc(-c2ccc(Cl)cc2)cs1. The molecule has 1 aromatic carbocycles. The van der Waals surface area contributed by atoms with E-state index in [4.69, 9.17) is 16.3 Å². The number of rotatable bonds is 5. The number of hydrogen-bond donors (Lipinski definition) is 1. The van der Waals surface area contributed by atoms with Crippen molar-refractivity contribution < 1.29 is 14.3 Å². The number of benzene rings is 1. The Morgan fingerprint density at radius 2 is 1.97 bits per heavy atom. The summed E-state index contributed by atoms with van der Waals surface area (Å²) >= 11 is 8.70. The van der Waals surface area contributed by atoms with Crippen molar-refractivity contribution in [2.45, 2.75) is 38.7 Å². The molecule has 0 bridgehead atoms. The number of thiophene rings is 1. The second-order valence-electron chi connectivity index (χ2n) is 6.85. The van der Waals surface area contributed by atoms with Crippen LogP contribution in [0.4, 0.5) is 5.13 Å². The zero-order valence-electron chi connectivity index (χ0n) is 15.7. The summed E-state index contributed by atoms with van der Waals surface area (Å²) in [4.78, 5) is 31.1. The van der Waals surface area contributed by atoms with Crippen LogP contribution >= 0.6 is 34.3 Å². The van der Waals surface area contributed by atoms with Gasteiger partial charge in [0.1, 0.15) is 4.88 Å². The lowest BCUT2D eigenvalue weighted by Gasteiger charge is -2.11. The molecule has 5 nitrogen and oxygen atoms in total. The monoisotopic (exact) mass is 446 g/mol. The third-order valence-corrected chi connectivity index (χ3v) is 6.95. The number of hydrogen-bond acceptors (Lipinski definition) is 6. The average molecular weight is 447 g/mol. The van der Waals surface area contributed by atoms with Crippen LogP contribution in [0.15, 0.2) is 35.7 Å². The highest BCUT2D eigenvalue weighted by Crippen LogP contribution is 2.30. The van der Waals surface area contributed by atoms with Gasteiger partial charge in [-0.2, -0.15) is 0 Å². The number of esters is 1. The average Bonchev–Trinajstić information content (AvgIpc) is 3.35. The standard InChI is InChI=1S/C21H19ClN2O3S2/c1-12(27-20(26)18-10-14-4-2-3-5-17(14)29-18)19(25)24-21-23-16(11-28-21)13-6-8-15(22)9-7-13/h6-12H,2-5H2,1H3,(H,23,24,25). The predicted octanol–water partition coefficient (Wildman–Crippen LogP) is 5.59. The first kappa shape index (κ1) is 20.1. The fourth-order valence-electron chi connectivity index (χ4n) is 3.15. The lowest BCUT2D eigenvalue weighted by atomic mass is 9.99. The molecule has 150 valence electrons. The van der Waals surface area contributed by atoms with Crippen molar-refractivity contribution in [3.63, 3.8) is 0 Å². The number of ether oxygens (including phenoxy) is 1. The number of halogens is 1. The molecule has 1 N–H and O–H groups in total. The van der Waals surface area contributed by atoms with Gasteiger partial charge in [-0.1, -0.05) is 23.7 Å². The molecule has 3 aromatic rings. The van der Waals surface area contributed by atoms with Crippen LogP contribution in [0.5, 0.6) is 0 Å². The van der Waals surface area contributed by atoms with Crippen molar-refractivity contribution in [3.8, 4) is 11.3 Å². The van der Waals surface area contributed by atoms with E-state index in [0.29, 0.717) is 15.0 Å². The molecular formula is C21H19ClN2O3S2. The molecule has 1 unspecified atom stereocenters. The fourth-order valence-corrected chi connectivity index (χ4v) is 5.14. The smallest absolute Gasteiger partial charge is 0.349 e. The number of carbonyl (C=O) groups excluding carboxylic acids is 2. The van der Waals surface area contributed by atoms with E-state index < -0.39 is 18.0 Å². The van der Waals surface area contributed by atoms with Gasteiger partial charge in [-0.05, 0) is 56.4 Å². The first-order chi connectivity index (χ1) is 14.0. The highest BCUT2D eigenvalue weighted by atomic mass is 35.5. The number of aromatic nitrogens is 1. The fraction of sp³-hybridized carbons (Fsp3) is 0.286. The molecule has 0 saturated carbocycles. The Labute approximate surface area is 181 Å². The zero-order chi connectivity index (χ0) is 20.4. The lowest BCUT2D eigenvalue weighted by molar-refractivity contribution is -0.123. The predicted molar refractivity (Wildman–Crippen MR) is 117 cm³/mol. The normalized spacial score (nSPS) is 14.1. The van der Waals surface area contributed by atoms with Gasteiger partial charge in [0, 0.05) is 20.8 Å². The molecule has 2 heterocycles. The van der Waals surface area contributed by atoms with Gasteiger partial charge in [-0.3, -0.25) is 10.1 Å². The molecule has 2 aromatic heterocycles. The maximum atomic E-state index is 12.4. The van der Waals surface area contributed by atoms with E-state index in [-0.39, 0.29) is 0 Å². The van der Waals surface area contributed by atoms with E-state index in [0.717, 1.165) is 36.9 Å². The van der Waals surface area contributed by atoms with Crippen molar-refractivity contribution in [3.05, 3.63) is 56.1 Å². The number of nitrogens with zero attached hydrogens (tertiary/aromatic N) is 1. The van der Waals surface area contributed by atoms with Crippen LogP contribution in [0.3, 0.4) is 0 Å². The Morgan fingerprint density at radius 1 is 1.21 bits per heavy atom. The number of nitrogens with one attached hydrogen (secondary N) is 1. The van der Waals surface area contributed by atoms with Crippen molar-refractivity contribution in [2.24, 2.45) is 0 Å². The van der Waals surface area contributed by atoms with Crippen LogP contribution in [-0.4, -0.2) is 23.0 Å². The third-order valence-electron chi connectivity index (χ3n) is 4.73. The first-order valence-electron chi connectivity index (χ1n) is 9.34. The lowest BCUT2D eigenvalue weighted by Crippen LogP contribution is -2.29. The number of thiazole rings is 1. The van der Waals surface area contributed by atoms with Gasteiger partial charge in [0.25, 0.3) is 5.91 Å². The Kier molecular flexibility index (Phi) is 5.99. The number of amides is 1. The summed E-state index contributed by atoms with van der Waals surface area (Å²) in [5, 5.41) is 5.68. The second kappa shape index (κ2) is 8.65. The van der Waals surface area contributed by atoms with Crippen LogP contribution < -0.4 is 5.32 Å². The molecule has 0 saturated heterocycles. The summed E-state index contributed by atoms with van der Waals surface area (Å²) in [6.45, 7) is 1.56. The van der Waals surface area contributed by atoms with Gasteiger partial charge in [-0.15, -0.1) is 22.7 Å². The molecule has 1 amide bonds. The molecule has 0 aliphatic heterocycles. The van der Waals surface area contributed by atoms with E-state index in [1.54, 1.807) is 19.1 Å². The maximum absolute atomic E-state index is 12.4. The van der Waals surface area contributed by atoms with Gasteiger partial charge in [0.2, 0.25) is 0 Å². The molecule has 1 aliphatic carbocycles. The van der Waals surface area contributed by atoms with Gasteiger partial charge in [-0.25, -0.2) is 9.78 Å². The maximum Gasteiger partial charge on any atom is 0.349 e. The van der Waals surface area contributed by atoms with Crippen LogP contribution in [0.1, 0.15) is 39.9 Å². The molecule has 4 rings (SSSR count). The van der Waals surface area contributed by atoms with E-state index in [9.17, 15) is 9.59 Å². The van der Waals surface area contributed by atoms with Gasteiger partial charge >= 0.3 is 5.97 Å². The van der Waals surface area contributed by atoms with Crippen molar-refractivity contribution in [2.75, 3.05) is 5.32 Å². The summed E-state index contributed by atoms with van der Waals surface area (Å²) in [5.74, 6) is -0.857. The van der Waals surface area contributed by atoms with E-state index in [2.05, 4.69) is 10.3 Å². The minimum absolute atomic E-state index is 0.406. The van der Waals surface area contributed by atoms with Crippen LogP contribution in [0, 0.1) is 0 Å². The molecule has 0 radical (unpaired) electrons. The second-order valence-corrected chi connectivity index (χ2v) is 9.28. The summed E-state index contributed by atoms with van der Waals surface area (Å²) in [7, 11) is 0. The van der Waals surface area contributed by atoms with Crippen molar-refractivity contribution in [1.82, 2.24) is 4.98 Å². The largest absolute Gasteiger partial charge is 0.448 e. The molecule has 1 atom stereocenters. The summed E-state index contributed by atoms with van der Waals surface area (Å²) in [6, 6.07) is 9.23. The minimum atomic E-state index is -0.912. The molecule has 29 heavy (non-hydrogen) atoms. The Morgan fingerprint density at radius 3 is 2.72 bits per heavy atom. The minimum Gasteiger partial charge on any atom is -0.448 e. The zero-order valence-corrected chi connectivity index (χ0v) is 18.1. The Hall–Kier alpha value is -2.22. The molecule has 0 spiro atoms. The number of carbonyl (C=O) groups is 2. The van der Waals surface area contributed by atoms with Crippen molar-refractivity contribution in [1.29, 1.82) is 0 Å². The number of fused-ring (bicyclic) bond motifs is 1. The number of aryl methyl sites for hydroxylation is 2. The van der Waals surface area contributed by atoms with Crippen LogP contribution in [0.2, 0.25) is 5.02 Å². The van der Waals surface area contributed by atoms with E-state index >= 15 is 0 Å². The van der Waals surface area contributed by atoms with Crippen LogP contribution in [-0.2, 0) is 22.4 Å². The van der Waals surface area contributed by atoms with Crippen LogP contribution in [0.25, 0.3) is 11.3 Å². The quantitative estimate of drug-likeness (QED) is 0.519. The molecule has 0 fully saturated rings. The summed E-state index contributed by atoms with van der Waals surface area (Å²) < 4.78 is 5.37. The summed E-state index contributed by atoms with van der Waals surface area (Å²) in [5.41, 5.74) is 2.89. The topological polar surface area (TPSA) is 68.3 Å². The molecule has 8 heteroatoms. The Balaban J connectivity index is 1.36. The van der Waals surface area contributed by atoms with Gasteiger partial charge < -0.3 is 4.74 Å². The molecule has 1 aliphatic rings. The molecular weight excluding hydrogens is 428 g/mol. The van der Waals surface area contributed by atoms with Gasteiger partial charge in [0.15, 0.2) is 11.2 Å². The van der Waals surface area contributed by atoms with Crippen molar-refractivity contribution >= 4 is 51.3 Å².